The lowest BCUT2D eigenvalue weighted by atomic mass is 9.81. The highest BCUT2D eigenvalue weighted by atomic mass is 16.7. The number of aliphatic hydroxyl groups excluding tert-OH is 1. The largest absolute Gasteiger partial charge is 0.390 e. The van der Waals surface area contributed by atoms with Crippen molar-refractivity contribution in [2.24, 2.45) is 17.2 Å². The molecule has 158 valence electrons. The van der Waals surface area contributed by atoms with Crippen LogP contribution in [0.1, 0.15) is 25.7 Å². The first-order valence-corrected chi connectivity index (χ1v) is 9.44. The van der Waals surface area contributed by atoms with Crippen molar-refractivity contribution in [3.05, 3.63) is 0 Å². The summed E-state index contributed by atoms with van der Waals surface area (Å²) >= 11 is 0. The van der Waals surface area contributed by atoms with Crippen molar-refractivity contribution in [2.75, 3.05) is 34.3 Å². The van der Waals surface area contributed by atoms with Gasteiger partial charge in [0.15, 0.2) is 6.29 Å². The summed E-state index contributed by atoms with van der Waals surface area (Å²) in [5, 5.41) is 13.8. The van der Waals surface area contributed by atoms with Crippen LogP contribution in [0.5, 0.6) is 0 Å². The first-order valence-electron chi connectivity index (χ1n) is 9.44. The van der Waals surface area contributed by atoms with Crippen molar-refractivity contribution < 1.29 is 24.1 Å². The molecule has 1 aliphatic heterocycles. The Morgan fingerprint density at radius 1 is 1.44 bits per heavy atom. The molecule has 0 aromatic carbocycles. The molecule has 0 bridgehead atoms. The fourth-order valence-corrected chi connectivity index (χ4v) is 3.90. The number of nitrogens with one attached hydrogen (secondary N) is 1. The van der Waals surface area contributed by atoms with E-state index in [0.29, 0.717) is 19.4 Å². The van der Waals surface area contributed by atoms with Crippen molar-refractivity contribution in [3.63, 3.8) is 0 Å². The zero-order chi connectivity index (χ0) is 20.2. The molecule has 27 heavy (non-hydrogen) atoms. The fourth-order valence-electron chi connectivity index (χ4n) is 3.90. The molecular weight excluding hydrogens is 354 g/mol. The number of carbonyl (C=O) groups is 1. The zero-order valence-electron chi connectivity index (χ0n) is 16.5. The summed E-state index contributed by atoms with van der Waals surface area (Å²) in [4.78, 5) is 13.6. The summed E-state index contributed by atoms with van der Waals surface area (Å²) in [5.41, 5.74) is 17.0. The Labute approximate surface area is 160 Å². The minimum absolute atomic E-state index is 0.0390. The van der Waals surface area contributed by atoms with E-state index in [-0.39, 0.29) is 30.7 Å². The highest BCUT2D eigenvalue weighted by Gasteiger charge is 2.52. The predicted molar refractivity (Wildman–Crippen MR) is 99.5 cm³/mol. The molecule has 1 heterocycles. The molecule has 1 saturated heterocycles. The van der Waals surface area contributed by atoms with Gasteiger partial charge in [-0.05, 0) is 19.9 Å². The van der Waals surface area contributed by atoms with E-state index in [4.69, 9.17) is 31.4 Å². The van der Waals surface area contributed by atoms with E-state index >= 15 is 0 Å². The molecule has 8 N–H and O–H groups in total. The molecule has 0 radical (unpaired) electrons. The number of hydrogen-bond donors (Lipinski definition) is 5. The van der Waals surface area contributed by atoms with E-state index in [1.165, 1.54) is 4.90 Å². The first-order chi connectivity index (χ1) is 12.8. The number of likely N-dealkylation sites (N-methyl/N-ethyl adjacent to an activating group) is 2. The molecule has 10 heteroatoms. The third-order valence-electron chi connectivity index (χ3n) is 5.62. The van der Waals surface area contributed by atoms with Crippen molar-refractivity contribution in [1.29, 1.82) is 0 Å². The van der Waals surface area contributed by atoms with Crippen LogP contribution in [0.3, 0.4) is 0 Å². The molecule has 1 amide bonds. The predicted octanol–water partition coefficient (Wildman–Crippen LogP) is -2.33. The number of ether oxygens (including phenoxy) is 3. The second-order valence-corrected chi connectivity index (χ2v) is 7.50. The number of nitrogens with two attached hydrogens (primary N) is 3. The van der Waals surface area contributed by atoms with Crippen molar-refractivity contribution in [3.8, 4) is 0 Å². The first kappa shape index (κ1) is 22.4. The van der Waals surface area contributed by atoms with Gasteiger partial charge in [0.05, 0.1) is 30.9 Å². The van der Waals surface area contributed by atoms with Crippen LogP contribution in [0.15, 0.2) is 0 Å². The number of rotatable bonds is 7. The highest BCUT2D eigenvalue weighted by molar-refractivity contribution is 5.78. The second-order valence-electron chi connectivity index (χ2n) is 7.50. The second kappa shape index (κ2) is 9.57. The number of aliphatic hydroxyl groups is 1. The van der Waals surface area contributed by atoms with E-state index in [1.807, 2.05) is 7.05 Å². The van der Waals surface area contributed by atoms with Gasteiger partial charge in [-0.15, -0.1) is 0 Å². The van der Waals surface area contributed by atoms with Crippen LogP contribution in [0.25, 0.3) is 0 Å². The number of carbonyl (C=O) groups excluding carboxylic acids is 1. The van der Waals surface area contributed by atoms with Crippen LogP contribution in [0.4, 0.5) is 0 Å². The van der Waals surface area contributed by atoms with Crippen LogP contribution >= 0.6 is 0 Å². The van der Waals surface area contributed by atoms with Crippen LogP contribution in [-0.4, -0.2) is 92.6 Å². The molecule has 1 saturated carbocycles. The number of amides is 1. The van der Waals surface area contributed by atoms with E-state index in [2.05, 4.69) is 5.32 Å². The fraction of sp³-hybridized carbons (Fsp3) is 0.941. The van der Waals surface area contributed by atoms with E-state index in [9.17, 15) is 9.90 Å². The topological polar surface area (TPSA) is 158 Å². The van der Waals surface area contributed by atoms with E-state index < -0.39 is 24.2 Å². The van der Waals surface area contributed by atoms with Gasteiger partial charge < -0.3 is 46.7 Å². The van der Waals surface area contributed by atoms with Crippen molar-refractivity contribution in [2.45, 2.75) is 68.1 Å². The highest BCUT2D eigenvalue weighted by Crippen LogP contribution is 2.35. The van der Waals surface area contributed by atoms with E-state index in [0.717, 1.165) is 12.8 Å². The van der Waals surface area contributed by atoms with Gasteiger partial charge in [-0.1, -0.05) is 0 Å². The summed E-state index contributed by atoms with van der Waals surface area (Å²) in [7, 11) is 4.95. The summed E-state index contributed by atoms with van der Waals surface area (Å²) in [6.45, 7) is 0.477. The van der Waals surface area contributed by atoms with Crippen molar-refractivity contribution >= 4 is 5.91 Å². The average Bonchev–Trinajstić information content (AvgIpc) is 2.65. The van der Waals surface area contributed by atoms with Gasteiger partial charge in [-0.2, -0.15) is 0 Å². The van der Waals surface area contributed by atoms with Crippen LogP contribution in [0.2, 0.25) is 0 Å². The van der Waals surface area contributed by atoms with Gasteiger partial charge in [-0.25, -0.2) is 0 Å². The molecule has 2 rings (SSSR count). The van der Waals surface area contributed by atoms with Gasteiger partial charge in [0.1, 0.15) is 11.8 Å². The van der Waals surface area contributed by atoms with Gasteiger partial charge in [0.2, 0.25) is 5.91 Å². The van der Waals surface area contributed by atoms with Crippen molar-refractivity contribution in [1.82, 2.24) is 10.2 Å². The smallest absolute Gasteiger partial charge is 0.237 e. The summed E-state index contributed by atoms with van der Waals surface area (Å²) < 4.78 is 17.5. The van der Waals surface area contributed by atoms with Crippen LogP contribution < -0.4 is 22.5 Å². The van der Waals surface area contributed by atoms with Gasteiger partial charge >= 0.3 is 0 Å². The quantitative estimate of drug-likeness (QED) is 0.301. The van der Waals surface area contributed by atoms with Crippen LogP contribution in [-0.2, 0) is 19.0 Å². The van der Waals surface area contributed by atoms with Crippen LogP contribution in [0, 0.1) is 0 Å². The lowest BCUT2D eigenvalue weighted by molar-refractivity contribution is -0.270. The Balaban J connectivity index is 2.22. The van der Waals surface area contributed by atoms with Gasteiger partial charge in [0, 0.05) is 33.5 Å². The minimum atomic E-state index is -1.30. The SMILES string of the molecule is CNC[C@@H]1CC[C@@H](N)[C@@H](O[C@H]2[C@H](O)C[C@@H](OC)C[C@]2(N)N(C)C(=O)CN)O1. The Morgan fingerprint density at radius 2 is 2.15 bits per heavy atom. The number of methoxy groups -OCH3 is 1. The van der Waals surface area contributed by atoms with Gasteiger partial charge in [0.25, 0.3) is 0 Å². The maximum atomic E-state index is 12.2. The number of hydrogen-bond acceptors (Lipinski definition) is 9. The Hall–Kier alpha value is -0.850. The Kier molecular flexibility index (Phi) is 7.95. The molecule has 0 aromatic rings. The summed E-state index contributed by atoms with van der Waals surface area (Å²) in [6, 6.07) is -0.342. The number of nitrogens with zero attached hydrogens (tertiary/aromatic N) is 1. The van der Waals surface area contributed by atoms with E-state index in [1.54, 1.807) is 14.2 Å². The minimum Gasteiger partial charge on any atom is -0.390 e. The van der Waals surface area contributed by atoms with Gasteiger partial charge in [-0.3, -0.25) is 4.79 Å². The third-order valence-corrected chi connectivity index (χ3v) is 5.62. The molecule has 2 fully saturated rings. The molecule has 0 aromatic heterocycles. The normalized spacial score (nSPS) is 40.0. The molecular formula is C17H35N5O5. The summed E-state index contributed by atoms with van der Waals surface area (Å²) in [6.07, 6.45) is -0.701. The monoisotopic (exact) mass is 389 g/mol. The molecule has 2 aliphatic rings. The maximum absolute atomic E-state index is 12.2. The Morgan fingerprint density at radius 3 is 2.74 bits per heavy atom. The molecule has 7 atom stereocenters. The third kappa shape index (κ3) is 4.96. The maximum Gasteiger partial charge on any atom is 0.237 e. The standard InChI is InChI=1S/C17H35N5O5/c1-21-9-10-4-5-12(19)16(26-10)27-15-13(23)6-11(25-3)7-17(15,20)22(2)14(24)8-18/h10-13,15-16,21,23H,4-9,18-20H2,1-3H3/t10-,11+,12+,13+,15-,16+,17-/m0/s1. The zero-order valence-corrected chi connectivity index (χ0v) is 16.5. The lowest BCUT2D eigenvalue weighted by Gasteiger charge is -2.52. The molecule has 0 spiro atoms. The lowest BCUT2D eigenvalue weighted by Crippen LogP contribution is -2.72. The molecule has 10 nitrogen and oxygen atoms in total. The molecule has 0 unspecified atom stereocenters. The summed E-state index contributed by atoms with van der Waals surface area (Å²) in [5.74, 6) is -0.350. The average molecular weight is 389 g/mol. The molecule has 1 aliphatic carbocycles. The Bertz CT molecular complexity index is 498.